The number of carbonyl (C=O) groups excluding carboxylic acids is 1. The lowest BCUT2D eigenvalue weighted by Gasteiger charge is -2.39. The second-order valence-electron chi connectivity index (χ2n) is 4.13. The second kappa shape index (κ2) is 5.23. The molecule has 1 saturated heterocycles. The minimum absolute atomic E-state index is 0.0184. The van der Waals surface area contributed by atoms with E-state index in [-0.39, 0.29) is 6.03 Å². The molecular formula is C13H15ClN2O. The van der Waals surface area contributed by atoms with Crippen molar-refractivity contribution in [2.24, 2.45) is 0 Å². The minimum Gasteiger partial charge on any atom is -0.335 e. The van der Waals surface area contributed by atoms with E-state index in [9.17, 15) is 4.79 Å². The number of likely N-dealkylation sites (tertiary alicyclic amines) is 1. The van der Waals surface area contributed by atoms with Gasteiger partial charge < -0.3 is 10.2 Å². The van der Waals surface area contributed by atoms with Gasteiger partial charge in [0.25, 0.3) is 0 Å². The summed E-state index contributed by atoms with van der Waals surface area (Å²) in [5.74, 6) is 0.432. The van der Waals surface area contributed by atoms with Gasteiger partial charge in [0.15, 0.2) is 0 Å². The number of nitrogens with zero attached hydrogens (tertiary/aromatic N) is 1. The van der Waals surface area contributed by atoms with E-state index >= 15 is 0 Å². The van der Waals surface area contributed by atoms with E-state index in [4.69, 9.17) is 11.6 Å². The van der Waals surface area contributed by atoms with E-state index in [0.29, 0.717) is 12.5 Å². The van der Waals surface area contributed by atoms with Crippen LogP contribution in [0.1, 0.15) is 11.5 Å². The number of amides is 2. The third kappa shape index (κ3) is 2.80. The summed E-state index contributed by atoms with van der Waals surface area (Å²) in [4.78, 5) is 13.4. The monoisotopic (exact) mass is 250 g/mol. The van der Waals surface area contributed by atoms with Gasteiger partial charge in [-0.15, -0.1) is 6.58 Å². The Hall–Kier alpha value is -1.48. The second-order valence-corrected chi connectivity index (χ2v) is 4.56. The Kier molecular flexibility index (Phi) is 3.69. The third-order valence-corrected chi connectivity index (χ3v) is 3.16. The molecule has 1 N–H and O–H groups in total. The van der Waals surface area contributed by atoms with Crippen LogP contribution in [0, 0.1) is 0 Å². The quantitative estimate of drug-likeness (QED) is 0.822. The van der Waals surface area contributed by atoms with Crippen molar-refractivity contribution in [2.75, 3.05) is 19.6 Å². The zero-order valence-electron chi connectivity index (χ0n) is 9.53. The number of hydrogen-bond acceptors (Lipinski definition) is 1. The number of carbonyl (C=O) groups is 1. The number of benzene rings is 1. The van der Waals surface area contributed by atoms with Crippen molar-refractivity contribution in [3.8, 4) is 0 Å². The first-order chi connectivity index (χ1) is 8.20. The van der Waals surface area contributed by atoms with Crippen molar-refractivity contribution in [3.05, 3.63) is 47.5 Å². The van der Waals surface area contributed by atoms with Crippen LogP contribution < -0.4 is 5.32 Å². The van der Waals surface area contributed by atoms with Gasteiger partial charge in [0.1, 0.15) is 0 Å². The highest BCUT2D eigenvalue weighted by molar-refractivity contribution is 6.30. The molecule has 0 unspecified atom stereocenters. The summed E-state index contributed by atoms with van der Waals surface area (Å²) in [5.41, 5.74) is 1.24. The average Bonchev–Trinajstić information content (AvgIpc) is 2.27. The molecule has 0 radical (unpaired) electrons. The molecule has 1 aromatic carbocycles. The Morgan fingerprint density at radius 1 is 1.47 bits per heavy atom. The van der Waals surface area contributed by atoms with Crippen molar-refractivity contribution in [3.63, 3.8) is 0 Å². The molecule has 2 amide bonds. The molecule has 90 valence electrons. The molecule has 0 atom stereocenters. The Morgan fingerprint density at radius 2 is 2.12 bits per heavy atom. The number of nitrogens with one attached hydrogen (secondary N) is 1. The van der Waals surface area contributed by atoms with Crippen molar-refractivity contribution in [2.45, 2.75) is 5.92 Å². The van der Waals surface area contributed by atoms with Gasteiger partial charge in [0.2, 0.25) is 0 Å². The number of rotatable bonds is 3. The summed E-state index contributed by atoms with van der Waals surface area (Å²) in [5, 5.41) is 3.51. The molecule has 0 saturated carbocycles. The maximum Gasteiger partial charge on any atom is 0.317 e. The van der Waals surface area contributed by atoms with Crippen molar-refractivity contribution < 1.29 is 4.79 Å². The Balaban J connectivity index is 1.84. The first-order valence-electron chi connectivity index (χ1n) is 5.60. The van der Waals surface area contributed by atoms with Crippen LogP contribution in [0.3, 0.4) is 0 Å². The van der Waals surface area contributed by atoms with Gasteiger partial charge in [0.05, 0.1) is 0 Å². The highest BCUT2D eigenvalue weighted by atomic mass is 35.5. The fraction of sp³-hybridized carbons (Fsp3) is 0.308. The van der Waals surface area contributed by atoms with Gasteiger partial charge >= 0.3 is 6.03 Å². The zero-order chi connectivity index (χ0) is 12.3. The van der Waals surface area contributed by atoms with Gasteiger partial charge in [-0.3, -0.25) is 0 Å². The van der Waals surface area contributed by atoms with Crippen LogP contribution in [0.5, 0.6) is 0 Å². The first kappa shape index (κ1) is 12.0. The van der Waals surface area contributed by atoms with Crippen LogP contribution in [0.4, 0.5) is 4.79 Å². The molecule has 1 aliphatic rings. The molecule has 0 spiro atoms. The molecule has 0 aromatic heterocycles. The molecule has 1 aromatic rings. The predicted molar refractivity (Wildman–Crippen MR) is 69.4 cm³/mol. The van der Waals surface area contributed by atoms with Crippen LogP contribution in [0.15, 0.2) is 36.9 Å². The van der Waals surface area contributed by atoms with Crippen LogP contribution in [-0.2, 0) is 0 Å². The molecule has 3 nitrogen and oxygen atoms in total. The van der Waals surface area contributed by atoms with Gasteiger partial charge in [-0.25, -0.2) is 4.79 Å². The van der Waals surface area contributed by atoms with Crippen LogP contribution in [-0.4, -0.2) is 30.6 Å². The molecule has 4 heteroatoms. The molecule has 1 fully saturated rings. The maximum absolute atomic E-state index is 11.6. The Morgan fingerprint density at radius 3 is 2.71 bits per heavy atom. The van der Waals surface area contributed by atoms with Crippen molar-refractivity contribution in [1.29, 1.82) is 0 Å². The highest BCUT2D eigenvalue weighted by Gasteiger charge is 2.31. The standard InChI is InChI=1S/C13H15ClN2O/c1-2-7-15-13(17)16-8-11(9-16)10-3-5-12(14)6-4-10/h2-6,11H,1,7-9H2,(H,15,17). The molecule has 0 bridgehead atoms. The van der Waals surface area contributed by atoms with E-state index in [1.165, 1.54) is 5.56 Å². The van der Waals surface area contributed by atoms with E-state index < -0.39 is 0 Å². The fourth-order valence-corrected chi connectivity index (χ4v) is 1.99. The lowest BCUT2D eigenvalue weighted by atomic mass is 9.92. The summed E-state index contributed by atoms with van der Waals surface area (Å²) in [6, 6.07) is 7.79. The minimum atomic E-state index is -0.0184. The van der Waals surface area contributed by atoms with Gasteiger partial charge in [0, 0.05) is 30.6 Å². The molecule has 1 aliphatic heterocycles. The SMILES string of the molecule is C=CCNC(=O)N1CC(c2ccc(Cl)cc2)C1. The van der Waals surface area contributed by atoms with Crippen molar-refractivity contribution >= 4 is 17.6 Å². The van der Waals surface area contributed by atoms with Crippen LogP contribution in [0.2, 0.25) is 5.02 Å². The van der Waals surface area contributed by atoms with E-state index in [0.717, 1.165) is 18.1 Å². The predicted octanol–water partition coefficient (Wildman–Crippen LogP) is 2.63. The summed E-state index contributed by atoms with van der Waals surface area (Å²) in [7, 11) is 0. The number of urea groups is 1. The first-order valence-corrected chi connectivity index (χ1v) is 5.97. The molecular weight excluding hydrogens is 236 g/mol. The highest BCUT2D eigenvalue weighted by Crippen LogP contribution is 2.27. The maximum atomic E-state index is 11.6. The van der Waals surface area contributed by atoms with E-state index in [1.54, 1.807) is 11.0 Å². The van der Waals surface area contributed by atoms with E-state index in [2.05, 4.69) is 11.9 Å². The van der Waals surface area contributed by atoms with Crippen LogP contribution >= 0.6 is 11.6 Å². The van der Waals surface area contributed by atoms with Crippen molar-refractivity contribution in [1.82, 2.24) is 10.2 Å². The molecule has 0 aliphatic carbocycles. The van der Waals surface area contributed by atoms with Gasteiger partial charge in [-0.05, 0) is 17.7 Å². The summed E-state index contributed by atoms with van der Waals surface area (Å²) in [6.45, 7) is 5.61. The lowest BCUT2D eigenvalue weighted by Crippen LogP contribution is -2.52. The average molecular weight is 251 g/mol. The molecule has 2 rings (SSSR count). The Bertz CT molecular complexity index is 410. The smallest absolute Gasteiger partial charge is 0.317 e. The van der Waals surface area contributed by atoms with E-state index in [1.807, 2.05) is 24.3 Å². The summed E-state index contributed by atoms with van der Waals surface area (Å²) < 4.78 is 0. The summed E-state index contributed by atoms with van der Waals surface area (Å²) in [6.07, 6.45) is 1.67. The number of hydrogen-bond donors (Lipinski definition) is 1. The van der Waals surface area contributed by atoms with Gasteiger partial charge in [-0.1, -0.05) is 29.8 Å². The fourth-order valence-electron chi connectivity index (χ4n) is 1.86. The third-order valence-electron chi connectivity index (χ3n) is 2.91. The normalized spacial score (nSPS) is 15.2. The number of halogens is 1. The topological polar surface area (TPSA) is 32.3 Å². The Labute approximate surface area is 106 Å². The molecule has 17 heavy (non-hydrogen) atoms. The van der Waals surface area contributed by atoms with Crippen LogP contribution in [0.25, 0.3) is 0 Å². The molecule has 1 heterocycles. The summed E-state index contributed by atoms with van der Waals surface area (Å²) >= 11 is 5.83. The van der Waals surface area contributed by atoms with Gasteiger partial charge in [-0.2, -0.15) is 0 Å². The largest absolute Gasteiger partial charge is 0.335 e. The lowest BCUT2D eigenvalue weighted by molar-refractivity contribution is 0.152. The zero-order valence-corrected chi connectivity index (χ0v) is 10.3.